The van der Waals surface area contributed by atoms with Gasteiger partial charge in [-0.25, -0.2) is 52.7 Å². The van der Waals surface area contributed by atoms with Gasteiger partial charge in [0, 0.05) is 0 Å². The SMILES string of the molecule is CCCCCCCCOC=C(C(=O)OCCCCCCCC)C(=O)OCCCCCCCC.CCO/C=C(\C#N)C(=O)OCC.CCO/C=C/C(=O)OCC.CCOC=C(C(=O)OCC)C(=O)OCC.CO/C=C/C(=O)OC.COC=C(C(=O)O)C(=O)O.COC=C(C(=O)OC)C(=O)OC. The molecule has 0 rings (SSSR count). The van der Waals surface area contributed by atoms with Crippen molar-refractivity contribution in [3.63, 3.8) is 0 Å². The van der Waals surface area contributed by atoms with Gasteiger partial charge in [-0.15, -0.1) is 0 Å². The first-order valence-electron chi connectivity index (χ1n) is 33.0. The summed E-state index contributed by atoms with van der Waals surface area (Å²) in [5, 5.41) is 24.7. The third-order valence-electron chi connectivity index (χ3n) is 11.1. The molecule has 30 nitrogen and oxygen atoms in total. The number of nitriles is 1. The van der Waals surface area contributed by atoms with Crippen molar-refractivity contribution in [2.24, 2.45) is 0 Å². The van der Waals surface area contributed by atoms with Crippen molar-refractivity contribution in [2.75, 3.05) is 109 Å². The van der Waals surface area contributed by atoms with E-state index in [0.717, 1.165) is 84.4 Å². The summed E-state index contributed by atoms with van der Waals surface area (Å²) in [4.78, 5) is 121. The molecule has 2 N–H and O–H groups in total. The number of carboxylic acid groups (broad SMARTS) is 2. The summed E-state index contributed by atoms with van der Waals surface area (Å²) in [5.41, 5.74) is -1.53. The van der Waals surface area contributed by atoms with Crippen LogP contribution in [-0.2, 0) is 129 Å². The van der Waals surface area contributed by atoms with Crippen LogP contribution in [-0.4, -0.2) is 185 Å². The molecule has 0 heterocycles. The van der Waals surface area contributed by atoms with Crippen LogP contribution in [0.2, 0.25) is 0 Å². The molecule has 0 aliphatic rings. The third kappa shape index (κ3) is 71.2. The molecule has 0 atom stereocenters. The standard InChI is InChI=1S/C28H52O5.C10H16O5.C8H11NO3.C7H10O5.C7H12O3.C5H6O5.C5H8O3/c1-4-7-10-13-16-19-22-31-25-26(27(29)32-23-20-17-14-11-8-5-2)28(30)33-24-21-18-15-12-9-6-3;1-4-13-7-8(9(11)14-5-2)10(12)15-6-3;1-3-11-6-7(5-9)8(10)12-4-2;1-10-4-5(6(8)11-2)7(9)12-3;1-3-9-6-5-7(8)10-4-2;1-10-2-3(4(6)7)5(8)9;1-7-4-3-5(6)8-2/h25H,4-24H2,1-3H3;7H,4-6H2,1-3H3;6H,3-4H2,1-2H3;4H,1-3H3;5-6H,3-4H2,1-2H3;2H,1H3,(H,6,7)(H,8,9);3-4H,1-2H3/b;;7-6+;;6-5+;;4-3+. The first-order chi connectivity index (χ1) is 48.0. The largest absolute Gasteiger partial charge is 0.504 e. The number of rotatable bonds is 46. The van der Waals surface area contributed by atoms with E-state index in [4.69, 9.17) is 43.9 Å². The lowest BCUT2D eigenvalue weighted by Crippen LogP contribution is -2.20. The molecule has 0 aliphatic heterocycles. The number of aliphatic carboxylic acids is 2. The normalized spacial score (nSPS) is 9.61. The van der Waals surface area contributed by atoms with E-state index in [9.17, 15) is 52.7 Å². The van der Waals surface area contributed by atoms with Crippen LogP contribution in [0.5, 0.6) is 0 Å². The van der Waals surface area contributed by atoms with Gasteiger partial charge in [0.15, 0.2) is 27.9 Å². The molecule has 0 bridgehead atoms. The molecule has 574 valence electrons. The van der Waals surface area contributed by atoms with Crippen molar-refractivity contribution in [3.8, 4) is 6.07 Å². The van der Waals surface area contributed by atoms with Gasteiger partial charge >= 0.3 is 65.7 Å². The van der Waals surface area contributed by atoms with Crippen LogP contribution >= 0.6 is 0 Å². The first-order valence-corrected chi connectivity index (χ1v) is 33.0. The van der Waals surface area contributed by atoms with Crippen LogP contribution < -0.4 is 0 Å². The molecule has 0 amide bonds. The van der Waals surface area contributed by atoms with Crippen molar-refractivity contribution in [1.29, 1.82) is 5.26 Å². The zero-order valence-electron chi connectivity index (χ0n) is 61.9. The van der Waals surface area contributed by atoms with E-state index in [0.29, 0.717) is 52.5 Å². The monoisotopic (exact) mass is 1430 g/mol. The molecule has 0 fully saturated rings. The van der Waals surface area contributed by atoms with Gasteiger partial charge in [0.05, 0.1) is 133 Å². The van der Waals surface area contributed by atoms with Crippen molar-refractivity contribution in [1.82, 2.24) is 0 Å². The van der Waals surface area contributed by atoms with E-state index >= 15 is 0 Å². The lowest BCUT2D eigenvalue weighted by Gasteiger charge is -2.10. The minimum Gasteiger partial charge on any atom is -0.504 e. The van der Waals surface area contributed by atoms with Gasteiger partial charge < -0.3 is 86.0 Å². The lowest BCUT2D eigenvalue weighted by molar-refractivity contribution is -0.149. The van der Waals surface area contributed by atoms with Crippen LogP contribution in [0.25, 0.3) is 0 Å². The van der Waals surface area contributed by atoms with Crippen molar-refractivity contribution >= 4 is 65.7 Å². The first kappa shape index (κ1) is 104. The molecule has 0 unspecified atom stereocenters. The van der Waals surface area contributed by atoms with Crippen LogP contribution in [0.1, 0.15) is 185 Å². The highest BCUT2D eigenvalue weighted by Gasteiger charge is 2.24. The number of ether oxygens (including phenoxy) is 16. The summed E-state index contributed by atoms with van der Waals surface area (Å²) < 4.78 is 75.1. The Bertz CT molecular complexity index is 2370. The molecule has 0 saturated carbocycles. The lowest BCUT2D eigenvalue weighted by atomic mass is 10.1. The van der Waals surface area contributed by atoms with Gasteiger partial charge in [0.25, 0.3) is 0 Å². The molecular weight excluding hydrogens is 1320 g/mol. The van der Waals surface area contributed by atoms with Crippen LogP contribution in [0.3, 0.4) is 0 Å². The predicted octanol–water partition coefficient (Wildman–Crippen LogP) is 11.0. The molecular formula is C70H115NO29. The summed E-state index contributed by atoms with van der Waals surface area (Å²) in [6, 6.07) is 1.68. The van der Waals surface area contributed by atoms with E-state index in [1.165, 1.54) is 124 Å². The maximum atomic E-state index is 12.5. The smallest absolute Gasteiger partial charge is 0.352 e. The number of carbonyl (C=O) groups is 11. The van der Waals surface area contributed by atoms with Gasteiger partial charge in [-0.3, -0.25) is 0 Å². The molecule has 0 radical (unpaired) electrons. The van der Waals surface area contributed by atoms with Gasteiger partial charge in [-0.1, -0.05) is 117 Å². The summed E-state index contributed by atoms with van der Waals surface area (Å²) in [6.45, 7) is 22.2. The van der Waals surface area contributed by atoms with E-state index in [-0.39, 0.29) is 48.1 Å². The third-order valence-corrected chi connectivity index (χ3v) is 11.1. The zero-order valence-corrected chi connectivity index (χ0v) is 61.9. The Hall–Kier alpha value is -9.56. The Balaban J connectivity index is -0.000000217. The number of carbonyl (C=O) groups excluding carboxylic acids is 9. The van der Waals surface area contributed by atoms with Gasteiger partial charge in [0.2, 0.25) is 0 Å². The number of unbranched alkanes of at least 4 members (excludes halogenated alkanes) is 15. The molecule has 30 heteroatoms. The molecule has 100 heavy (non-hydrogen) atoms. The van der Waals surface area contributed by atoms with E-state index in [1.54, 1.807) is 47.6 Å². The Labute approximate surface area is 591 Å². The molecule has 0 aliphatic carbocycles. The van der Waals surface area contributed by atoms with E-state index in [1.807, 2.05) is 6.92 Å². The fourth-order valence-electron chi connectivity index (χ4n) is 6.21. The minimum absolute atomic E-state index is 0.112. The average molecular weight is 1430 g/mol. The van der Waals surface area contributed by atoms with Crippen LogP contribution in [0.15, 0.2) is 83.9 Å². The molecule has 0 spiro atoms. The Kier molecular flexibility index (Phi) is 85.1. The quantitative estimate of drug-likeness (QED) is 0.00835. The predicted molar refractivity (Wildman–Crippen MR) is 366 cm³/mol. The second kappa shape index (κ2) is 81.9. The molecule has 0 aromatic rings. The van der Waals surface area contributed by atoms with Crippen LogP contribution in [0, 0.1) is 11.3 Å². The summed E-state index contributed by atoms with van der Waals surface area (Å²) in [5.74, 6) is -8.78. The number of carboxylic acids is 2. The van der Waals surface area contributed by atoms with Crippen molar-refractivity contribution < 1.29 is 139 Å². The zero-order chi connectivity index (χ0) is 77.4. The maximum absolute atomic E-state index is 12.5. The molecule has 0 saturated heterocycles. The second-order valence-electron chi connectivity index (χ2n) is 18.9. The number of methoxy groups -OCH3 is 6. The topological polar surface area (TPSA) is 400 Å². The Morgan fingerprint density at radius 2 is 0.650 bits per heavy atom. The Morgan fingerprint density at radius 3 is 0.990 bits per heavy atom. The van der Waals surface area contributed by atoms with Gasteiger partial charge in [-0.05, 0) is 67.7 Å². The number of hydrogen-bond donors (Lipinski definition) is 2. The molecule has 0 aromatic heterocycles. The molecule has 0 aromatic carbocycles. The summed E-state index contributed by atoms with van der Waals surface area (Å²) in [6.07, 6.45) is 30.3. The highest BCUT2D eigenvalue weighted by Crippen LogP contribution is 2.12. The summed E-state index contributed by atoms with van der Waals surface area (Å²) >= 11 is 0. The van der Waals surface area contributed by atoms with Gasteiger partial charge in [0.1, 0.15) is 37.4 Å². The maximum Gasteiger partial charge on any atom is 0.352 e. The highest BCUT2D eigenvalue weighted by atomic mass is 16.6. The van der Waals surface area contributed by atoms with E-state index in [2.05, 4.69) is 68.1 Å². The minimum atomic E-state index is -1.52. The summed E-state index contributed by atoms with van der Waals surface area (Å²) in [7, 11) is 7.57. The number of hydrogen-bond acceptors (Lipinski definition) is 28. The fraction of sp³-hybridized carbons (Fsp3) is 0.629. The van der Waals surface area contributed by atoms with Gasteiger partial charge in [-0.2, -0.15) is 5.26 Å². The second-order valence-corrected chi connectivity index (χ2v) is 18.9. The number of nitrogens with zero attached hydrogens (tertiary/aromatic N) is 1. The Morgan fingerprint density at radius 1 is 0.310 bits per heavy atom. The number of esters is 9. The highest BCUT2D eigenvalue weighted by molar-refractivity contribution is 6.15. The van der Waals surface area contributed by atoms with Crippen LogP contribution in [0.4, 0.5) is 0 Å². The van der Waals surface area contributed by atoms with E-state index < -0.39 is 65.3 Å². The average Bonchev–Trinajstić information content (AvgIpc) is 0.943. The fourth-order valence-corrected chi connectivity index (χ4v) is 6.21. The van der Waals surface area contributed by atoms with Crippen molar-refractivity contribution in [3.05, 3.63) is 83.9 Å². The van der Waals surface area contributed by atoms with Crippen molar-refractivity contribution in [2.45, 2.75) is 185 Å².